The van der Waals surface area contributed by atoms with Crippen molar-refractivity contribution >= 4 is 61.4 Å². The Bertz CT molecular complexity index is 1430. The first kappa shape index (κ1) is 22.0. The Labute approximate surface area is 194 Å². The van der Waals surface area contributed by atoms with E-state index in [0.29, 0.717) is 16.2 Å². The van der Waals surface area contributed by atoms with Crippen molar-refractivity contribution in [1.82, 2.24) is 4.98 Å². The Morgan fingerprint density at radius 3 is 2.53 bits per heavy atom. The number of carbonyl (C=O) groups excluding carboxylic acids is 1. The van der Waals surface area contributed by atoms with E-state index in [2.05, 4.69) is 15.0 Å². The molecular formula is C22H17Cl2N3O4S. The third kappa shape index (κ3) is 4.52. The van der Waals surface area contributed by atoms with E-state index in [0.717, 1.165) is 5.39 Å². The van der Waals surface area contributed by atoms with Crippen LogP contribution in [0.25, 0.3) is 10.9 Å². The Morgan fingerprint density at radius 1 is 1.00 bits per heavy atom. The van der Waals surface area contributed by atoms with E-state index in [1.165, 1.54) is 19.2 Å². The van der Waals surface area contributed by atoms with Crippen LogP contribution in [0.2, 0.25) is 10.0 Å². The van der Waals surface area contributed by atoms with Gasteiger partial charge < -0.3 is 15.0 Å². The fraction of sp³-hybridized carbons (Fsp3) is 0.0455. The average molecular weight is 490 g/mol. The number of anilines is 2. The summed E-state index contributed by atoms with van der Waals surface area (Å²) in [5.41, 5.74) is 1.51. The molecule has 10 heteroatoms. The van der Waals surface area contributed by atoms with Gasteiger partial charge in [0.05, 0.1) is 17.8 Å². The van der Waals surface area contributed by atoms with Crippen molar-refractivity contribution in [3.8, 4) is 5.75 Å². The quantitative estimate of drug-likeness (QED) is 0.331. The maximum Gasteiger partial charge on any atom is 0.272 e. The highest BCUT2D eigenvalue weighted by Gasteiger charge is 2.22. The molecule has 0 aliphatic rings. The van der Waals surface area contributed by atoms with Crippen LogP contribution in [0.3, 0.4) is 0 Å². The number of hydrogen-bond acceptors (Lipinski definition) is 4. The fourth-order valence-electron chi connectivity index (χ4n) is 3.13. The number of rotatable bonds is 6. The van der Waals surface area contributed by atoms with Crippen LogP contribution in [0, 0.1) is 0 Å². The zero-order valence-corrected chi connectivity index (χ0v) is 19.0. The summed E-state index contributed by atoms with van der Waals surface area (Å²) >= 11 is 12.1. The van der Waals surface area contributed by atoms with Crippen LogP contribution < -0.4 is 14.8 Å². The zero-order chi connectivity index (χ0) is 22.9. The summed E-state index contributed by atoms with van der Waals surface area (Å²) in [6.45, 7) is 0. The molecule has 0 aliphatic carbocycles. The van der Waals surface area contributed by atoms with Crippen LogP contribution in [0.1, 0.15) is 10.5 Å². The zero-order valence-electron chi connectivity index (χ0n) is 16.6. The van der Waals surface area contributed by atoms with Crippen LogP contribution >= 0.6 is 23.2 Å². The second-order valence-corrected chi connectivity index (χ2v) is 9.31. The summed E-state index contributed by atoms with van der Waals surface area (Å²) in [7, 11) is -2.70. The molecule has 32 heavy (non-hydrogen) atoms. The first-order valence-electron chi connectivity index (χ1n) is 9.32. The first-order chi connectivity index (χ1) is 15.3. The molecule has 0 saturated heterocycles. The molecule has 4 rings (SSSR count). The SMILES string of the molecule is COc1ccc(NC(=O)c2cc3ccc(Cl)cc3[nH]2)cc1S(=O)(=O)Nc1ccccc1Cl. The highest BCUT2D eigenvalue weighted by Crippen LogP contribution is 2.31. The summed E-state index contributed by atoms with van der Waals surface area (Å²) in [6, 6.07) is 17.7. The van der Waals surface area contributed by atoms with Crippen molar-refractivity contribution in [3.05, 3.63) is 82.5 Å². The van der Waals surface area contributed by atoms with Crippen molar-refractivity contribution < 1.29 is 17.9 Å². The molecule has 0 spiro atoms. The molecule has 1 amide bonds. The first-order valence-corrected chi connectivity index (χ1v) is 11.6. The van der Waals surface area contributed by atoms with Gasteiger partial charge in [-0.15, -0.1) is 0 Å². The van der Waals surface area contributed by atoms with Gasteiger partial charge in [0.25, 0.3) is 15.9 Å². The summed E-state index contributed by atoms with van der Waals surface area (Å²) in [5, 5.41) is 4.31. The largest absolute Gasteiger partial charge is 0.495 e. The summed E-state index contributed by atoms with van der Waals surface area (Å²) in [4.78, 5) is 15.6. The molecule has 7 nitrogen and oxygen atoms in total. The highest BCUT2D eigenvalue weighted by atomic mass is 35.5. The Morgan fingerprint density at radius 2 is 1.78 bits per heavy atom. The topological polar surface area (TPSA) is 100 Å². The van der Waals surface area contributed by atoms with Crippen molar-refractivity contribution in [1.29, 1.82) is 0 Å². The van der Waals surface area contributed by atoms with Crippen LogP contribution in [0.15, 0.2) is 71.6 Å². The van der Waals surface area contributed by atoms with Gasteiger partial charge in [0.15, 0.2) is 0 Å². The number of aromatic nitrogens is 1. The number of hydrogen-bond donors (Lipinski definition) is 3. The standard InChI is InChI=1S/C22H17Cl2N3O4S/c1-31-20-9-8-15(12-21(20)32(29,30)27-17-5-3-2-4-16(17)24)25-22(28)19-10-13-6-7-14(23)11-18(13)26-19/h2-12,26-27H,1H3,(H,25,28). The number of fused-ring (bicyclic) bond motifs is 1. The van der Waals surface area contributed by atoms with E-state index < -0.39 is 15.9 Å². The van der Waals surface area contributed by atoms with Crippen LogP contribution in [0.5, 0.6) is 5.75 Å². The van der Waals surface area contributed by atoms with Crippen LogP contribution in [0.4, 0.5) is 11.4 Å². The minimum Gasteiger partial charge on any atom is -0.495 e. The van der Waals surface area contributed by atoms with E-state index >= 15 is 0 Å². The van der Waals surface area contributed by atoms with E-state index in [1.54, 1.807) is 54.6 Å². The molecule has 0 unspecified atom stereocenters. The normalized spacial score (nSPS) is 11.3. The molecule has 0 radical (unpaired) electrons. The lowest BCUT2D eigenvalue weighted by Crippen LogP contribution is -2.16. The van der Waals surface area contributed by atoms with Gasteiger partial charge >= 0.3 is 0 Å². The number of amides is 1. The van der Waals surface area contributed by atoms with Gasteiger partial charge in [-0.25, -0.2) is 8.42 Å². The van der Waals surface area contributed by atoms with Crippen LogP contribution in [-0.2, 0) is 10.0 Å². The number of nitrogens with one attached hydrogen (secondary N) is 3. The molecule has 0 aliphatic heterocycles. The van der Waals surface area contributed by atoms with Gasteiger partial charge in [0, 0.05) is 21.6 Å². The number of ether oxygens (including phenoxy) is 1. The molecule has 1 aromatic heterocycles. The van der Waals surface area contributed by atoms with E-state index in [1.807, 2.05) is 0 Å². The van der Waals surface area contributed by atoms with Gasteiger partial charge in [-0.05, 0) is 48.5 Å². The minimum atomic E-state index is -4.06. The van der Waals surface area contributed by atoms with Gasteiger partial charge in [-0.1, -0.05) is 41.4 Å². The van der Waals surface area contributed by atoms with E-state index in [9.17, 15) is 13.2 Å². The molecular weight excluding hydrogens is 473 g/mol. The van der Waals surface area contributed by atoms with E-state index in [-0.39, 0.29) is 27.0 Å². The molecule has 164 valence electrons. The average Bonchev–Trinajstić information content (AvgIpc) is 3.18. The summed E-state index contributed by atoms with van der Waals surface area (Å²) < 4.78 is 33.7. The van der Waals surface area contributed by atoms with Crippen molar-refractivity contribution in [2.75, 3.05) is 17.1 Å². The molecule has 3 N–H and O–H groups in total. The van der Waals surface area contributed by atoms with Gasteiger partial charge in [-0.2, -0.15) is 0 Å². The minimum absolute atomic E-state index is 0.114. The summed E-state index contributed by atoms with van der Waals surface area (Å²) in [6.07, 6.45) is 0. The molecule has 0 atom stereocenters. The van der Waals surface area contributed by atoms with Gasteiger partial charge in [0.1, 0.15) is 16.3 Å². The van der Waals surface area contributed by atoms with Crippen LogP contribution in [-0.4, -0.2) is 26.4 Å². The number of H-pyrrole nitrogens is 1. The molecule has 0 saturated carbocycles. The lowest BCUT2D eigenvalue weighted by Gasteiger charge is -2.14. The lowest BCUT2D eigenvalue weighted by molar-refractivity contribution is 0.102. The highest BCUT2D eigenvalue weighted by molar-refractivity contribution is 7.92. The third-order valence-electron chi connectivity index (χ3n) is 4.66. The number of benzene rings is 3. The number of para-hydroxylation sites is 1. The Balaban J connectivity index is 1.63. The fourth-order valence-corrected chi connectivity index (χ4v) is 4.82. The maximum atomic E-state index is 13.0. The molecule has 3 aromatic carbocycles. The predicted octanol–water partition coefficient (Wildman–Crippen LogP) is 5.54. The molecule has 4 aromatic rings. The van der Waals surface area contributed by atoms with Gasteiger partial charge in [0.2, 0.25) is 0 Å². The third-order valence-corrected chi connectivity index (χ3v) is 6.61. The number of sulfonamides is 1. The number of carbonyl (C=O) groups is 1. The second-order valence-electron chi connectivity index (χ2n) is 6.82. The van der Waals surface area contributed by atoms with Crippen molar-refractivity contribution in [2.45, 2.75) is 4.90 Å². The number of halogens is 2. The molecule has 1 heterocycles. The number of aromatic amines is 1. The monoisotopic (exact) mass is 489 g/mol. The van der Waals surface area contributed by atoms with Gasteiger partial charge in [-0.3, -0.25) is 9.52 Å². The Kier molecular flexibility index (Phi) is 6.01. The summed E-state index contributed by atoms with van der Waals surface area (Å²) in [5.74, 6) is -0.326. The van der Waals surface area contributed by atoms with Crippen molar-refractivity contribution in [3.63, 3.8) is 0 Å². The van der Waals surface area contributed by atoms with Crippen molar-refractivity contribution in [2.24, 2.45) is 0 Å². The Hall–Kier alpha value is -3.20. The lowest BCUT2D eigenvalue weighted by atomic mass is 10.2. The molecule has 0 bridgehead atoms. The smallest absolute Gasteiger partial charge is 0.272 e. The second kappa shape index (κ2) is 8.74. The maximum absolute atomic E-state index is 13.0. The number of methoxy groups -OCH3 is 1. The predicted molar refractivity (Wildman–Crippen MR) is 127 cm³/mol. The molecule has 0 fully saturated rings. The van der Waals surface area contributed by atoms with E-state index in [4.69, 9.17) is 27.9 Å².